The van der Waals surface area contributed by atoms with Gasteiger partial charge in [0.25, 0.3) is 0 Å². The van der Waals surface area contributed by atoms with Crippen molar-refractivity contribution >= 4 is 5.95 Å². The van der Waals surface area contributed by atoms with Gasteiger partial charge in [-0.15, -0.1) is 5.10 Å². The highest BCUT2D eigenvalue weighted by Crippen LogP contribution is 1.89. The molecule has 0 saturated carbocycles. The molecule has 7 nitrogen and oxygen atoms in total. The highest BCUT2D eigenvalue weighted by Gasteiger charge is 1.95. The predicted molar refractivity (Wildman–Crippen MR) is 57.9 cm³/mol. The number of aromatic nitrogens is 3. The Bertz CT molecular complexity index is 279. The lowest BCUT2D eigenvalue weighted by molar-refractivity contribution is 0.0225. The summed E-state index contributed by atoms with van der Waals surface area (Å²) in [6.45, 7) is 3.55. The molecular formula is C9H18N4O3. The van der Waals surface area contributed by atoms with E-state index in [1.54, 1.807) is 18.1 Å². The van der Waals surface area contributed by atoms with Gasteiger partial charge in [-0.05, 0) is 0 Å². The van der Waals surface area contributed by atoms with Gasteiger partial charge in [-0.3, -0.25) is 0 Å². The lowest BCUT2D eigenvalue weighted by atomic mass is 10.6. The number of anilines is 1. The van der Waals surface area contributed by atoms with E-state index in [0.29, 0.717) is 39.6 Å². The van der Waals surface area contributed by atoms with Crippen LogP contribution in [0.5, 0.6) is 0 Å². The van der Waals surface area contributed by atoms with Gasteiger partial charge < -0.3 is 19.9 Å². The van der Waals surface area contributed by atoms with E-state index in [-0.39, 0.29) is 5.95 Å². The summed E-state index contributed by atoms with van der Waals surface area (Å²) in [6.07, 6.45) is 1.58. The van der Waals surface area contributed by atoms with E-state index in [9.17, 15) is 0 Å². The Labute approximate surface area is 94.5 Å². The molecule has 0 unspecified atom stereocenters. The molecule has 0 aliphatic carbocycles. The number of hydrogen-bond donors (Lipinski definition) is 1. The van der Waals surface area contributed by atoms with Crippen LogP contribution in [-0.2, 0) is 20.8 Å². The Morgan fingerprint density at radius 1 is 1.19 bits per heavy atom. The van der Waals surface area contributed by atoms with Gasteiger partial charge in [0.1, 0.15) is 6.33 Å². The number of nitrogen functional groups attached to an aromatic ring is 1. The van der Waals surface area contributed by atoms with Crippen LogP contribution >= 0.6 is 0 Å². The van der Waals surface area contributed by atoms with E-state index in [1.165, 1.54) is 0 Å². The first-order valence-electron chi connectivity index (χ1n) is 5.12. The molecule has 1 heterocycles. The smallest absolute Gasteiger partial charge is 0.239 e. The molecule has 0 fully saturated rings. The molecule has 1 aromatic rings. The van der Waals surface area contributed by atoms with Gasteiger partial charge in [0.05, 0.1) is 39.6 Å². The highest BCUT2D eigenvalue weighted by molar-refractivity contribution is 5.08. The van der Waals surface area contributed by atoms with Crippen LogP contribution in [0.3, 0.4) is 0 Å². The molecule has 0 bridgehead atoms. The Morgan fingerprint density at radius 3 is 2.50 bits per heavy atom. The summed E-state index contributed by atoms with van der Waals surface area (Å²) in [4.78, 5) is 3.80. The second kappa shape index (κ2) is 8.03. The minimum atomic E-state index is 0.280. The van der Waals surface area contributed by atoms with E-state index < -0.39 is 0 Å². The maximum atomic E-state index is 5.36. The summed E-state index contributed by atoms with van der Waals surface area (Å²) in [5.74, 6) is 0.280. The maximum Gasteiger partial charge on any atom is 0.239 e. The Hall–Kier alpha value is -1.18. The normalized spacial score (nSPS) is 10.8. The molecule has 1 aromatic heterocycles. The number of ether oxygens (including phenoxy) is 3. The van der Waals surface area contributed by atoms with Gasteiger partial charge in [-0.1, -0.05) is 0 Å². The Balaban J connectivity index is 1.88. The molecule has 0 aliphatic heterocycles. The Kier molecular flexibility index (Phi) is 6.47. The average Bonchev–Trinajstić information content (AvgIpc) is 2.68. The fourth-order valence-electron chi connectivity index (χ4n) is 1.04. The minimum absolute atomic E-state index is 0.280. The van der Waals surface area contributed by atoms with Crippen molar-refractivity contribution in [3.63, 3.8) is 0 Å². The molecule has 2 N–H and O–H groups in total. The van der Waals surface area contributed by atoms with Crippen LogP contribution in [0.25, 0.3) is 0 Å². The summed E-state index contributed by atoms with van der Waals surface area (Å²) in [6, 6.07) is 0. The van der Waals surface area contributed by atoms with E-state index in [0.717, 1.165) is 0 Å². The minimum Gasteiger partial charge on any atom is -0.382 e. The molecule has 0 radical (unpaired) electrons. The zero-order valence-electron chi connectivity index (χ0n) is 9.46. The zero-order valence-corrected chi connectivity index (χ0v) is 9.46. The fourth-order valence-corrected chi connectivity index (χ4v) is 1.04. The van der Waals surface area contributed by atoms with Crippen molar-refractivity contribution in [2.45, 2.75) is 6.54 Å². The van der Waals surface area contributed by atoms with Gasteiger partial charge in [0.15, 0.2) is 0 Å². The SMILES string of the molecule is COCCOCCOCCn1cnc(N)n1. The van der Waals surface area contributed by atoms with Crippen LogP contribution in [0.1, 0.15) is 0 Å². The van der Waals surface area contributed by atoms with Crippen molar-refractivity contribution in [1.82, 2.24) is 14.8 Å². The molecule has 0 atom stereocenters. The van der Waals surface area contributed by atoms with Crippen molar-refractivity contribution in [3.8, 4) is 0 Å². The standard InChI is InChI=1S/C9H18N4O3/c1-14-4-5-16-7-6-15-3-2-13-8-11-9(10)12-13/h8H,2-7H2,1H3,(H2,10,12). The topological polar surface area (TPSA) is 84.4 Å². The third-order valence-corrected chi connectivity index (χ3v) is 1.82. The van der Waals surface area contributed by atoms with E-state index in [1.807, 2.05) is 0 Å². The second-order valence-electron chi connectivity index (χ2n) is 3.08. The van der Waals surface area contributed by atoms with Crippen molar-refractivity contribution in [2.75, 3.05) is 45.9 Å². The summed E-state index contributed by atoms with van der Waals surface area (Å²) in [5, 5.41) is 3.92. The largest absolute Gasteiger partial charge is 0.382 e. The quantitative estimate of drug-likeness (QED) is 0.578. The second-order valence-corrected chi connectivity index (χ2v) is 3.08. The van der Waals surface area contributed by atoms with E-state index >= 15 is 0 Å². The highest BCUT2D eigenvalue weighted by atomic mass is 16.5. The first kappa shape index (κ1) is 12.9. The van der Waals surface area contributed by atoms with Crippen LogP contribution in [0.2, 0.25) is 0 Å². The average molecular weight is 230 g/mol. The van der Waals surface area contributed by atoms with Gasteiger partial charge >= 0.3 is 0 Å². The molecule has 7 heteroatoms. The molecule has 0 aromatic carbocycles. The number of nitrogens with two attached hydrogens (primary N) is 1. The van der Waals surface area contributed by atoms with Gasteiger partial charge in [0, 0.05) is 7.11 Å². The van der Waals surface area contributed by atoms with Crippen molar-refractivity contribution in [3.05, 3.63) is 6.33 Å². The van der Waals surface area contributed by atoms with Gasteiger partial charge in [-0.2, -0.15) is 0 Å². The third kappa shape index (κ3) is 5.64. The first-order chi connectivity index (χ1) is 7.83. The molecule has 1 rings (SSSR count). The molecule has 0 aliphatic rings. The number of methoxy groups -OCH3 is 1. The summed E-state index contributed by atoms with van der Waals surface area (Å²) >= 11 is 0. The number of nitrogens with zero attached hydrogens (tertiary/aromatic N) is 3. The number of rotatable bonds is 9. The Morgan fingerprint density at radius 2 is 1.88 bits per heavy atom. The fraction of sp³-hybridized carbons (Fsp3) is 0.778. The molecule has 0 spiro atoms. The molecule has 0 amide bonds. The van der Waals surface area contributed by atoms with Crippen LogP contribution in [0.15, 0.2) is 6.33 Å². The van der Waals surface area contributed by atoms with Crippen LogP contribution in [0.4, 0.5) is 5.95 Å². The van der Waals surface area contributed by atoms with Crippen molar-refractivity contribution < 1.29 is 14.2 Å². The molecule has 0 saturated heterocycles. The van der Waals surface area contributed by atoms with Crippen LogP contribution < -0.4 is 5.73 Å². The lowest BCUT2D eigenvalue weighted by Crippen LogP contribution is -2.12. The summed E-state index contributed by atoms with van der Waals surface area (Å²) in [7, 11) is 1.64. The molecule has 92 valence electrons. The summed E-state index contributed by atoms with van der Waals surface area (Å²) in [5.41, 5.74) is 5.36. The first-order valence-corrected chi connectivity index (χ1v) is 5.12. The monoisotopic (exact) mass is 230 g/mol. The molecular weight excluding hydrogens is 212 g/mol. The van der Waals surface area contributed by atoms with E-state index in [2.05, 4.69) is 10.1 Å². The van der Waals surface area contributed by atoms with Crippen LogP contribution in [-0.4, -0.2) is 54.9 Å². The van der Waals surface area contributed by atoms with Crippen molar-refractivity contribution in [2.24, 2.45) is 0 Å². The number of hydrogen-bond acceptors (Lipinski definition) is 6. The maximum absolute atomic E-state index is 5.36. The predicted octanol–water partition coefficient (Wildman–Crippen LogP) is -0.460. The van der Waals surface area contributed by atoms with Crippen molar-refractivity contribution in [1.29, 1.82) is 0 Å². The van der Waals surface area contributed by atoms with Crippen LogP contribution in [0, 0.1) is 0 Å². The third-order valence-electron chi connectivity index (χ3n) is 1.82. The molecule has 16 heavy (non-hydrogen) atoms. The van der Waals surface area contributed by atoms with Gasteiger partial charge in [-0.25, -0.2) is 9.67 Å². The lowest BCUT2D eigenvalue weighted by Gasteiger charge is -2.05. The van der Waals surface area contributed by atoms with Gasteiger partial charge in [0.2, 0.25) is 5.95 Å². The zero-order chi connectivity index (χ0) is 11.6. The van der Waals surface area contributed by atoms with E-state index in [4.69, 9.17) is 19.9 Å². The summed E-state index contributed by atoms with van der Waals surface area (Å²) < 4.78 is 17.0.